The van der Waals surface area contributed by atoms with Crippen LogP contribution in [-0.4, -0.2) is 56.8 Å². The molecule has 3 aromatic rings. The van der Waals surface area contributed by atoms with Gasteiger partial charge in [-0.05, 0) is 37.6 Å². The monoisotopic (exact) mass is 466 g/mol. The first kappa shape index (κ1) is 21.7. The number of benzene rings is 2. The summed E-state index contributed by atoms with van der Waals surface area (Å²) in [5, 5.41) is 6.81. The van der Waals surface area contributed by atoms with E-state index in [0.717, 1.165) is 29.7 Å². The van der Waals surface area contributed by atoms with E-state index in [1.165, 1.54) is 10.6 Å². The Bertz CT molecular complexity index is 1260. The van der Waals surface area contributed by atoms with Crippen molar-refractivity contribution in [3.05, 3.63) is 66.2 Å². The highest BCUT2D eigenvalue weighted by atomic mass is 32.2. The number of para-hydroxylation sites is 1. The fraction of sp³-hybridized carbons (Fsp3) is 0.333. The fourth-order valence-corrected chi connectivity index (χ4v) is 5.90. The van der Waals surface area contributed by atoms with Crippen molar-refractivity contribution in [3.63, 3.8) is 0 Å². The highest BCUT2D eigenvalue weighted by Gasteiger charge is 2.46. The Morgan fingerprint density at radius 2 is 1.79 bits per heavy atom. The van der Waals surface area contributed by atoms with Crippen LogP contribution in [0.1, 0.15) is 18.4 Å². The summed E-state index contributed by atoms with van der Waals surface area (Å²) in [6.45, 7) is 2.14. The van der Waals surface area contributed by atoms with Gasteiger partial charge in [0.25, 0.3) is 0 Å². The second kappa shape index (κ2) is 8.31. The van der Waals surface area contributed by atoms with Crippen molar-refractivity contribution in [2.75, 3.05) is 42.1 Å². The van der Waals surface area contributed by atoms with E-state index in [1.807, 2.05) is 54.6 Å². The molecule has 0 aliphatic carbocycles. The Balaban J connectivity index is 1.21. The van der Waals surface area contributed by atoms with Gasteiger partial charge in [-0.3, -0.25) is 19.3 Å². The van der Waals surface area contributed by atoms with E-state index in [1.54, 1.807) is 6.07 Å². The summed E-state index contributed by atoms with van der Waals surface area (Å²) >= 11 is 0. The predicted octanol–water partition coefficient (Wildman–Crippen LogP) is 3.09. The number of anilines is 2. The average molecular weight is 467 g/mol. The number of likely N-dealkylation sites (tertiary alicyclic amines) is 1. The number of nitrogens with one attached hydrogen (secondary N) is 1. The van der Waals surface area contributed by atoms with E-state index in [-0.39, 0.29) is 17.9 Å². The van der Waals surface area contributed by atoms with Crippen LogP contribution in [0.4, 0.5) is 11.6 Å². The molecule has 0 unspecified atom stereocenters. The van der Waals surface area contributed by atoms with Gasteiger partial charge in [0.15, 0.2) is 0 Å². The molecular weight excluding hydrogens is 440 g/mol. The number of rotatable bonds is 5. The summed E-state index contributed by atoms with van der Waals surface area (Å²) in [7, 11) is -3.34. The van der Waals surface area contributed by atoms with Crippen LogP contribution in [0, 0.1) is 0 Å². The average Bonchev–Trinajstić information content (AvgIpc) is 3.39. The number of nitrogens with zero attached hydrogens (tertiary/aromatic N) is 3. The molecule has 1 saturated heterocycles. The number of amides is 1. The van der Waals surface area contributed by atoms with Gasteiger partial charge in [-0.2, -0.15) is 0 Å². The molecule has 0 radical (unpaired) electrons. The summed E-state index contributed by atoms with van der Waals surface area (Å²) in [6.07, 6.45) is 2.85. The molecule has 0 saturated carbocycles. The van der Waals surface area contributed by atoms with Crippen molar-refractivity contribution in [1.82, 2.24) is 10.1 Å². The molecule has 5 rings (SSSR count). The van der Waals surface area contributed by atoms with Crippen molar-refractivity contribution in [2.45, 2.75) is 18.3 Å². The van der Waals surface area contributed by atoms with E-state index in [4.69, 9.17) is 4.52 Å². The Morgan fingerprint density at radius 3 is 2.52 bits per heavy atom. The van der Waals surface area contributed by atoms with Crippen LogP contribution < -0.4 is 9.62 Å². The van der Waals surface area contributed by atoms with Crippen molar-refractivity contribution >= 4 is 27.5 Å². The van der Waals surface area contributed by atoms with Gasteiger partial charge in [-0.15, -0.1) is 0 Å². The summed E-state index contributed by atoms with van der Waals surface area (Å²) in [5.74, 6) is 0.159. The lowest BCUT2D eigenvalue weighted by atomic mass is 9.74. The first-order valence-electron chi connectivity index (χ1n) is 11.0. The normalized spacial score (nSPS) is 17.8. The molecule has 9 heteroatoms. The molecule has 1 aromatic heterocycles. The molecule has 2 aliphatic heterocycles. The van der Waals surface area contributed by atoms with Crippen LogP contribution in [0.15, 0.2) is 65.2 Å². The standard InChI is InChI=1S/C24H26N4O4S/c1-33(30,31)28-17-24(19-9-5-6-10-21(19)28)11-13-27(14-12-24)16-22(29)25-23-15-20(26-32-23)18-7-3-2-4-8-18/h2-10,15H,11-14,16-17H2,1H3,(H,25,29). The molecule has 1 spiro atoms. The molecule has 2 aliphatic rings. The number of aromatic nitrogens is 1. The summed E-state index contributed by atoms with van der Waals surface area (Å²) in [4.78, 5) is 14.7. The van der Waals surface area contributed by atoms with Crippen molar-refractivity contribution in [3.8, 4) is 11.3 Å². The van der Waals surface area contributed by atoms with E-state index < -0.39 is 10.0 Å². The molecule has 2 aromatic carbocycles. The Labute approximate surface area is 193 Å². The predicted molar refractivity (Wildman–Crippen MR) is 127 cm³/mol. The van der Waals surface area contributed by atoms with Crippen molar-refractivity contribution in [1.29, 1.82) is 0 Å². The molecule has 1 fully saturated rings. The number of hydrogen-bond acceptors (Lipinski definition) is 6. The third-order valence-electron chi connectivity index (χ3n) is 6.61. The third kappa shape index (κ3) is 4.26. The Morgan fingerprint density at radius 1 is 1.09 bits per heavy atom. The van der Waals surface area contributed by atoms with Crippen LogP contribution in [-0.2, 0) is 20.2 Å². The zero-order valence-electron chi connectivity index (χ0n) is 18.4. The number of carbonyl (C=O) groups excluding carboxylic acids is 1. The molecule has 172 valence electrons. The van der Waals surface area contributed by atoms with Gasteiger partial charge in [0.05, 0.1) is 18.5 Å². The lowest BCUT2D eigenvalue weighted by molar-refractivity contribution is -0.117. The van der Waals surface area contributed by atoms with E-state index in [2.05, 4.69) is 15.4 Å². The number of sulfonamides is 1. The minimum absolute atomic E-state index is 0.161. The van der Waals surface area contributed by atoms with Crippen LogP contribution >= 0.6 is 0 Å². The summed E-state index contributed by atoms with van der Waals surface area (Å²) in [6, 6.07) is 19.1. The van der Waals surface area contributed by atoms with Crippen molar-refractivity contribution < 1.29 is 17.7 Å². The number of piperidine rings is 1. The van der Waals surface area contributed by atoms with Gasteiger partial charge >= 0.3 is 0 Å². The lowest BCUT2D eigenvalue weighted by Crippen LogP contribution is -2.47. The highest BCUT2D eigenvalue weighted by Crippen LogP contribution is 2.47. The van der Waals surface area contributed by atoms with Crippen LogP contribution in [0.25, 0.3) is 11.3 Å². The van der Waals surface area contributed by atoms with E-state index in [9.17, 15) is 13.2 Å². The minimum Gasteiger partial charge on any atom is -0.338 e. The third-order valence-corrected chi connectivity index (χ3v) is 7.74. The fourth-order valence-electron chi connectivity index (χ4n) is 4.91. The zero-order chi connectivity index (χ0) is 23.1. The number of carbonyl (C=O) groups is 1. The largest absolute Gasteiger partial charge is 0.338 e. The van der Waals surface area contributed by atoms with E-state index >= 15 is 0 Å². The quantitative estimate of drug-likeness (QED) is 0.621. The highest BCUT2D eigenvalue weighted by molar-refractivity contribution is 7.92. The number of fused-ring (bicyclic) bond motifs is 2. The molecule has 1 amide bonds. The summed E-state index contributed by atoms with van der Waals surface area (Å²) < 4.78 is 31.5. The minimum atomic E-state index is -3.34. The maximum absolute atomic E-state index is 12.6. The van der Waals surface area contributed by atoms with Gasteiger partial charge < -0.3 is 4.52 Å². The van der Waals surface area contributed by atoms with Gasteiger partial charge in [0, 0.05) is 23.6 Å². The second-order valence-electron chi connectivity index (χ2n) is 8.83. The van der Waals surface area contributed by atoms with Gasteiger partial charge in [0.1, 0.15) is 5.69 Å². The molecule has 8 nitrogen and oxygen atoms in total. The lowest BCUT2D eigenvalue weighted by Gasteiger charge is -2.39. The van der Waals surface area contributed by atoms with Crippen LogP contribution in [0.3, 0.4) is 0 Å². The summed E-state index contributed by atoms with van der Waals surface area (Å²) in [5.41, 5.74) is 3.26. The van der Waals surface area contributed by atoms with E-state index in [0.29, 0.717) is 31.2 Å². The Kier molecular flexibility index (Phi) is 5.46. The molecule has 33 heavy (non-hydrogen) atoms. The van der Waals surface area contributed by atoms with Crippen LogP contribution in [0.5, 0.6) is 0 Å². The molecule has 0 bridgehead atoms. The second-order valence-corrected chi connectivity index (χ2v) is 10.7. The molecule has 0 atom stereocenters. The Hall–Kier alpha value is -3.17. The first-order chi connectivity index (χ1) is 15.8. The number of hydrogen-bond donors (Lipinski definition) is 1. The van der Waals surface area contributed by atoms with Gasteiger partial charge in [0.2, 0.25) is 21.8 Å². The maximum atomic E-state index is 12.6. The van der Waals surface area contributed by atoms with Crippen LogP contribution in [0.2, 0.25) is 0 Å². The molecule has 1 N–H and O–H groups in total. The topological polar surface area (TPSA) is 95.8 Å². The first-order valence-corrected chi connectivity index (χ1v) is 12.8. The molecule has 3 heterocycles. The molecular formula is C24H26N4O4S. The van der Waals surface area contributed by atoms with Crippen molar-refractivity contribution in [2.24, 2.45) is 0 Å². The smallest absolute Gasteiger partial charge is 0.240 e. The zero-order valence-corrected chi connectivity index (χ0v) is 19.2. The van der Waals surface area contributed by atoms with Gasteiger partial charge in [-0.1, -0.05) is 53.7 Å². The maximum Gasteiger partial charge on any atom is 0.240 e. The SMILES string of the molecule is CS(=O)(=O)N1CC2(CCN(CC(=O)Nc3cc(-c4ccccc4)no3)CC2)c2ccccc21. The van der Waals surface area contributed by atoms with Gasteiger partial charge in [-0.25, -0.2) is 8.42 Å².